The van der Waals surface area contributed by atoms with Gasteiger partial charge in [-0.2, -0.15) is 5.10 Å². The maximum absolute atomic E-state index is 11.3. The van der Waals surface area contributed by atoms with Crippen LogP contribution in [0, 0.1) is 0 Å². The lowest BCUT2D eigenvalue weighted by Crippen LogP contribution is -2.53. The van der Waals surface area contributed by atoms with Gasteiger partial charge in [0.25, 0.3) is 0 Å². The molecule has 7 nitrogen and oxygen atoms in total. The lowest BCUT2D eigenvalue weighted by Gasteiger charge is -2.22. The van der Waals surface area contributed by atoms with Crippen LogP contribution in [0.5, 0.6) is 0 Å². The number of aromatic amines is 2. The third kappa shape index (κ3) is 1.82. The van der Waals surface area contributed by atoms with Crippen molar-refractivity contribution in [2.45, 2.75) is 12.5 Å². The zero-order valence-corrected chi connectivity index (χ0v) is 7.46. The minimum atomic E-state index is -0.351. The standard InChI is InChI=1S/C7H11N5O2/c13-6-4(8-1-2-9-6)3-5-10-7(14)12-11-5/h4,8H,1-3H2,(H,9,13)(H2,10,11,12,14). The van der Waals surface area contributed by atoms with Crippen molar-refractivity contribution in [2.75, 3.05) is 13.1 Å². The molecule has 1 saturated heterocycles. The van der Waals surface area contributed by atoms with Crippen molar-refractivity contribution in [3.8, 4) is 0 Å². The number of carbonyl (C=O) groups is 1. The van der Waals surface area contributed by atoms with Crippen LogP contribution >= 0.6 is 0 Å². The molecule has 1 amide bonds. The Balaban J connectivity index is 2.02. The van der Waals surface area contributed by atoms with Crippen LogP contribution in [-0.2, 0) is 11.2 Å². The van der Waals surface area contributed by atoms with E-state index in [2.05, 4.69) is 25.8 Å². The van der Waals surface area contributed by atoms with Crippen LogP contribution in [0.1, 0.15) is 5.82 Å². The molecule has 1 aliphatic heterocycles. The molecule has 0 aliphatic carbocycles. The quantitative estimate of drug-likeness (QED) is 0.429. The number of piperazine rings is 1. The van der Waals surface area contributed by atoms with E-state index in [0.29, 0.717) is 18.8 Å². The fraction of sp³-hybridized carbons (Fsp3) is 0.571. The molecule has 14 heavy (non-hydrogen) atoms. The van der Waals surface area contributed by atoms with Crippen LogP contribution in [0.25, 0.3) is 0 Å². The van der Waals surface area contributed by atoms with Gasteiger partial charge in [-0.1, -0.05) is 0 Å². The third-order valence-corrected chi connectivity index (χ3v) is 2.08. The number of rotatable bonds is 2. The predicted molar refractivity (Wildman–Crippen MR) is 47.7 cm³/mol. The number of amides is 1. The maximum atomic E-state index is 11.3. The summed E-state index contributed by atoms with van der Waals surface area (Å²) in [4.78, 5) is 24.5. The first-order chi connectivity index (χ1) is 6.75. The Bertz CT molecular complexity index is 381. The molecule has 1 aliphatic rings. The summed E-state index contributed by atoms with van der Waals surface area (Å²) in [6.07, 6.45) is 0.393. The molecule has 7 heteroatoms. The van der Waals surface area contributed by atoms with Gasteiger partial charge < -0.3 is 10.6 Å². The Morgan fingerprint density at radius 3 is 2.86 bits per heavy atom. The molecular formula is C7H11N5O2. The second-order valence-corrected chi connectivity index (χ2v) is 3.13. The molecule has 1 aromatic rings. The van der Waals surface area contributed by atoms with Crippen LogP contribution in [0.3, 0.4) is 0 Å². The van der Waals surface area contributed by atoms with Crippen LogP contribution in [0.2, 0.25) is 0 Å². The lowest BCUT2D eigenvalue weighted by atomic mass is 10.1. The van der Waals surface area contributed by atoms with E-state index in [0.717, 1.165) is 6.54 Å². The number of hydrogen-bond acceptors (Lipinski definition) is 4. The first kappa shape index (κ1) is 8.95. The molecule has 2 heterocycles. The van der Waals surface area contributed by atoms with Gasteiger partial charge in [0, 0.05) is 19.5 Å². The highest BCUT2D eigenvalue weighted by atomic mass is 16.2. The second kappa shape index (κ2) is 3.62. The largest absolute Gasteiger partial charge is 0.353 e. The molecule has 4 N–H and O–H groups in total. The molecule has 1 atom stereocenters. The maximum Gasteiger partial charge on any atom is 0.340 e. The van der Waals surface area contributed by atoms with Gasteiger partial charge in [0.1, 0.15) is 5.82 Å². The Labute approximate surface area is 79.3 Å². The first-order valence-electron chi connectivity index (χ1n) is 4.40. The number of H-pyrrole nitrogens is 2. The Hall–Kier alpha value is -1.63. The van der Waals surface area contributed by atoms with Crippen LogP contribution in [0.4, 0.5) is 0 Å². The zero-order valence-electron chi connectivity index (χ0n) is 7.46. The molecule has 1 fully saturated rings. The molecule has 0 spiro atoms. The van der Waals surface area contributed by atoms with Gasteiger partial charge in [0.2, 0.25) is 5.91 Å². The minimum absolute atomic E-state index is 0.0555. The number of nitrogens with zero attached hydrogens (tertiary/aromatic N) is 1. The second-order valence-electron chi connectivity index (χ2n) is 3.13. The summed E-state index contributed by atoms with van der Waals surface area (Å²) >= 11 is 0. The summed E-state index contributed by atoms with van der Waals surface area (Å²) in [6.45, 7) is 1.39. The summed E-state index contributed by atoms with van der Waals surface area (Å²) < 4.78 is 0. The molecule has 0 aromatic carbocycles. The average Bonchev–Trinajstić information content (AvgIpc) is 2.56. The van der Waals surface area contributed by atoms with Gasteiger partial charge in [0.05, 0.1) is 6.04 Å². The van der Waals surface area contributed by atoms with E-state index in [-0.39, 0.29) is 17.6 Å². The van der Waals surface area contributed by atoms with Gasteiger partial charge in [-0.3, -0.25) is 9.78 Å². The summed E-state index contributed by atoms with van der Waals surface area (Å²) in [5, 5.41) is 11.8. The summed E-state index contributed by atoms with van der Waals surface area (Å²) in [7, 11) is 0. The fourth-order valence-corrected chi connectivity index (χ4v) is 1.41. The lowest BCUT2D eigenvalue weighted by molar-refractivity contribution is -0.124. The van der Waals surface area contributed by atoms with Crippen LogP contribution in [0.15, 0.2) is 4.79 Å². The molecule has 76 valence electrons. The summed E-state index contributed by atoms with van der Waals surface area (Å²) in [6, 6.07) is -0.303. The van der Waals surface area contributed by atoms with Gasteiger partial charge in [0.15, 0.2) is 0 Å². The highest BCUT2D eigenvalue weighted by Crippen LogP contribution is 1.96. The van der Waals surface area contributed by atoms with Crippen molar-refractivity contribution in [1.82, 2.24) is 25.8 Å². The molecular weight excluding hydrogens is 186 g/mol. The highest BCUT2D eigenvalue weighted by molar-refractivity contribution is 5.82. The van der Waals surface area contributed by atoms with Crippen molar-refractivity contribution < 1.29 is 4.79 Å². The van der Waals surface area contributed by atoms with E-state index >= 15 is 0 Å². The number of carbonyl (C=O) groups excluding carboxylic acids is 1. The summed E-state index contributed by atoms with van der Waals surface area (Å²) in [5.74, 6) is 0.435. The van der Waals surface area contributed by atoms with Crippen molar-refractivity contribution in [1.29, 1.82) is 0 Å². The number of nitrogens with one attached hydrogen (secondary N) is 4. The molecule has 0 bridgehead atoms. The number of hydrogen-bond donors (Lipinski definition) is 4. The minimum Gasteiger partial charge on any atom is -0.353 e. The van der Waals surface area contributed by atoms with E-state index in [1.165, 1.54) is 0 Å². The topological polar surface area (TPSA) is 103 Å². The molecule has 1 unspecified atom stereocenters. The summed E-state index contributed by atoms with van der Waals surface area (Å²) in [5.41, 5.74) is -0.351. The predicted octanol–water partition coefficient (Wildman–Crippen LogP) is -2.27. The van der Waals surface area contributed by atoms with Crippen LogP contribution in [-0.4, -0.2) is 40.2 Å². The van der Waals surface area contributed by atoms with E-state index in [1.54, 1.807) is 0 Å². The van der Waals surface area contributed by atoms with E-state index in [1.807, 2.05) is 0 Å². The van der Waals surface area contributed by atoms with Crippen LogP contribution < -0.4 is 16.3 Å². The zero-order chi connectivity index (χ0) is 9.97. The number of aromatic nitrogens is 3. The SMILES string of the molecule is O=C1NCCNC1Cc1n[nH]c(=O)[nH]1. The van der Waals surface area contributed by atoms with Crippen molar-refractivity contribution in [3.05, 3.63) is 16.3 Å². The molecule has 2 rings (SSSR count). The van der Waals surface area contributed by atoms with E-state index in [9.17, 15) is 9.59 Å². The normalized spacial score (nSPS) is 22.0. The van der Waals surface area contributed by atoms with E-state index in [4.69, 9.17) is 0 Å². The monoisotopic (exact) mass is 197 g/mol. The van der Waals surface area contributed by atoms with Crippen molar-refractivity contribution in [3.63, 3.8) is 0 Å². The van der Waals surface area contributed by atoms with Crippen molar-refractivity contribution >= 4 is 5.91 Å². The fourth-order valence-electron chi connectivity index (χ4n) is 1.41. The molecule has 1 aromatic heterocycles. The smallest absolute Gasteiger partial charge is 0.340 e. The van der Waals surface area contributed by atoms with Gasteiger partial charge >= 0.3 is 5.69 Å². The first-order valence-corrected chi connectivity index (χ1v) is 4.40. The third-order valence-electron chi connectivity index (χ3n) is 2.08. The average molecular weight is 197 g/mol. The Morgan fingerprint density at radius 2 is 2.21 bits per heavy atom. The van der Waals surface area contributed by atoms with Crippen molar-refractivity contribution in [2.24, 2.45) is 0 Å². The van der Waals surface area contributed by atoms with Gasteiger partial charge in [-0.25, -0.2) is 9.89 Å². The highest BCUT2D eigenvalue weighted by Gasteiger charge is 2.22. The molecule has 0 radical (unpaired) electrons. The Morgan fingerprint density at radius 1 is 1.36 bits per heavy atom. The Kier molecular flexibility index (Phi) is 2.32. The van der Waals surface area contributed by atoms with E-state index < -0.39 is 0 Å². The molecule has 0 saturated carbocycles. The van der Waals surface area contributed by atoms with Gasteiger partial charge in [-0.05, 0) is 0 Å². The van der Waals surface area contributed by atoms with Gasteiger partial charge in [-0.15, -0.1) is 0 Å².